The normalized spacial score (nSPS) is 10.3. The number of halogens is 1. The molecule has 0 fully saturated rings. The molecule has 0 spiro atoms. The molecule has 0 radical (unpaired) electrons. The molecule has 0 saturated carbocycles. The van der Waals surface area contributed by atoms with Crippen LogP contribution in [0.5, 0.6) is 5.75 Å². The summed E-state index contributed by atoms with van der Waals surface area (Å²) in [7, 11) is 1.55. The lowest BCUT2D eigenvalue weighted by Crippen LogP contribution is -2.14. The van der Waals surface area contributed by atoms with E-state index in [9.17, 15) is 4.79 Å². The Hall–Kier alpha value is -2.34. The van der Waals surface area contributed by atoms with Gasteiger partial charge in [-0.3, -0.25) is 4.79 Å². The number of aromatic nitrogens is 2. The van der Waals surface area contributed by atoms with E-state index < -0.39 is 0 Å². The van der Waals surface area contributed by atoms with Gasteiger partial charge in [-0.25, -0.2) is 9.97 Å². The predicted molar refractivity (Wildman–Crippen MR) is 95.9 cm³/mol. The van der Waals surface area contributed by atoms with Crippen LogP contribution in [-0.4, -0.2) is 29.5 Å². The van der Waals surface area contributed by atoms with E-state index in [1.54, 1.807) is 25.3 Å². The van der Waals surface area contributed by atoms with Crippen molar-refractivity contribution in [1.29, 1.82) is 0 Å². The minimum atomic E-state index is -0.0984. The zero-order valence-corrected chi connectivity index (χ0v) is 14.8. The molecule has 24 heavy (non-hydrogen) atoms. The van der Waals surface area contributed by atoms with Crippen molar-refractivity contribution in [1.82, 2.24) is 9.97 Å². The molecule has 0 saturated heterocycles. The minimum Gasteiger partial charge on any atom is -0.495 e. The number of amides is 1. The van der Waals surface area contributed by atoms with Gasteiger partial charge in [0.2, 0.25) is 11.9 Å². The standard InChI is InChI=1S/C17H21ClN4O2/c1-11-9-12(2)21-17(20-11)19-8-4-5-16(23)22-14-10-13(18)6-7-15(14)24-3/h6-7,9-10H,4-5,8H2,1-3H3,(H,22,23)(H,19,20,21). The first-order chi connectivity index (χ1) is 11.5. The molecule has 1 aromatic heterocycles. The summed E-state index contributed by atoms with van der Waals surface area (Å²) in [4.78, 5) is 20.6. The third-order valence-electron chi connectivity index (χ3n) is 3.28. The molecule has 1 aromatic carbocycles. The highest BCUT2D eigenvalue weighted by Gasteiger charge is 2.08. The Bertz CT molecular complexity index is 701. The molecular formula is C17H21ClN4O2. The molecule has 2 rings (SSSR count). The highest BCUT2D eigenvalue weighted by molar-refractivity contribution is 6.31. The molecule has 1 heterocycles. The van der Waals surface area contributed by atoms with E-state index in [2.05, 4.69) is 20.6 Å². The van der Waals surface area contributed by atoms with Gasteiger partial charge in [0.15, 0.2) is 0 Å². The van der Waals surface area contributed by atoms with Crippen LogP contribution >= 0.6 is 11.6 Å². The van der Waals surface area contributed by atoms with Gasteiger partial charge >= 0.3 is 0 Å². The van der Waals surface area contributed by atoms with Crippen LogP contribution in [0.4, 0.5) is 11.6 Å². The summed E-state index contributed by atoms with van der Waals surface area (Å²) in [5.41, 5.74) is 2.40. The van der Waals surface area contributed by atoms with E-state index in [1.165, 1.54) is 0 Å². The number of nitrogens with one attached hydrogen (secondary N) is 2. The molecule has 0 bridgehead atoms. The van der Waals surface area contributed by atoms with Crippen molar-refractivity contribution in [2.45, 2.75) is 26.7 Å². The number of methoxy groups -OCH3 is 1. The second-order valence-electron chi connectivity index (χ2n) is 5.40. The van der Waals surface area contributed by atoms with Crippen LogP contribution in [0.1, 0.15) is 24.2 Å². The Kier molecular flexibility index (Phi) is 6.37. The van der Waals surface area contributed by atoms with Crippen LogP contribution < -0.4 is 15.4 Å². The van der Waals surface area contributed by atoms with Gasteiger partial charge in [0, 0.05) is 29.4 Å². The number of nitrogens with zero attached hydrogens (tertiary/aromatic N) is 2. The second-order valence-corrected chi connectivity index (χ2v) is 5.83. The average molecular weight is 349 g/mol. The summed E-state index contributed by atoms with van der Waals surface area (Å²) in [6.45, 7) is 4.46. The van der Waals surface area contributed by atoms with Gasteiger partial charge in [-0.05, 0) is 44.5 Å². The molecule has 0 unspecified atom stereocenters. The SMILES string of the molecule is COc1ccc(Cl)cc1NC(=O)CCCNc1nc(C)cc(C)n1. The molecule has 0 aliphatic heterocycles. The highest BCUT2D eigenvalue weighted by atomic mass is 35.5. The topological polar surface area (TPSA) is 76.1 Å². The maximum absolute atomic E-state index is 12.0. The number of ether oxygens (including phenoxy) is 1. The summed E-state index contributed by atoms with van der Waals surface area (Å²) in [5.74, 6) is 1.07. The van der Waals surface area contributed by atoms with E-state index in [0.717, 1.165) is 11.4 Å². The highest BCUT2D eigenvalue weighted by Crippen LogP contribution is 2.27. The fourth-order valence-electron chi connectivity index (χ4n) is 2.24. The third-order valence-corrected chi connectivity index (χ3v) is 3.52. The van der Waals surface area contributed by atoms with E-state index in [-0.39, 0.29) is 5.91 Å². The monoisotopic (exact) mass is 348 g/mol. The lowest BCUT2D eigenvalue weighted by atomic mass is 10.2. The Morgan fingerprint density at radius 2 is 1.92 bits per heavy atom. The van der Waals surface area contributed by atoms with Crippen molar-refractivity contribution in [3.05, 3.63) is 40.7 Å². The zero-order chi connectivity index (χ0) is 17.5. The number of anilines is 2. The van der Waals surface area contributed by atoms with Gasteiger partial charge < -0.3 is 15.4 Å². The van der Waals surface area contributed by atoms with E-state index in [0.29, 0.717) is 41.8 Å². The third kappa shape index (κ3) is 5.38. The Morgan fingerprint density at radius 3 is 2.58 bits per heavy atom. The smallest absolute Gasteiger partial charge is 0.224 e. The van der Waals surface area contributed by atoms with Crippen LogP contribution in [0.25, 0.3) is 0 Å². The first-order valence-electron chi connectivity index (χ1n) is 7.67. The van der Waals surface area contributed by atoms with E-state index in [1.807, 2.05) is 19.9 Å². The van der Waals surface area contributed by atoms with E-state index >= 15 is 0 Å². The Morgan fingerprint density at radius 1 is 1.21 bits per heavy atom. The molecule has 0 aliphatic rings. The van der Waals surface area contributed by atoms with Crippen LogP contribution in [0.15, 0.2) is 24.3 Å². The van der Waals surface area contributed by atoms with Crippen LogP contribution in [0.3, 0.4) is 0 Å². The first kappa shape index (κ1) is 18.0. The quantitative estimate of drug-likeness (QED) is 0.748. The average Bonchev–Trinajstić information content (AvgIpc) is 2.51. The number of carbonyl (C=O) groups excluding carboxylic acids is 1. The molecule has 0 aliphatic carbocycles. The lowest BCUT2D eigenvalue weighted by molar-refractivity contribution is -0.116. The summed E-state index contributed by atoms with van der Waals surface area (Å²) in [6, 6.07) is 7.01. The predicted octanol–water partition coefficient (Wildman–Crippen LogP) is 3.59. The summed E-state index contributed by atoms with van der Waals surface area (Å²) >= 11 is 5.95. The fourth-order valence-corrected chi connectivity index (χ4v) is 2.42. The number of rotatable bonds is 7. The maximum Gasteiger partial charge on any atom is 0.224 e. The molecule has 2 aromatic rings. The fraction of sp³-hybridized carbons (Fsp3) is 0.353. The van der Waals surface area contributed by atoms with Crippen molar-refractivity contribution in [2.75, 3.05) is 24.3 Å². The van der Waals surface area contributed by atoms with Crippen molar-refractivity contribution in [3.8, 4) is 5.75 Å². The van der Waals surface area contributed by atoms with Crippen molar-refractivity contribution >= 4 is 29.1 Å². The number of aryl methyl sites for hydroxylation is 2. The number of carbonyl (C=O) groups is 1. The summed E-state index contributed by atoms with van der Waals surface area (Å²) in [5, 5.41) is 6.48. The molecule has 0 atom stereocenters. The van der Waals surface area contributed by atoms with Gasteiger partial charge in [-0.2, -0.15) is 0 Å². The van der Waals surface area contributed by atoms with Gasteiger partial charge in [0.1, 0.15) is 5.75 Å². The minimum absolute atomic E-state index is 0.0984. The number of hydrogen-bond acceptors (Lipinski definition) is 5. The van der Waals surface area contributed by atoms with Crippen LogP contribution in [-0.2, 0) is 4.79 Å². The largest absolute Gasteiger partial charge is 0.495 e. The molecule has 128 valence electrons. The number of hydrogen-bond donors (Lipinski definition) is 2. The first-order valence-corrected chi connectivity index (χ1v) is 8.05. The number of benzene rings is 1. The molecule has 2 N–H and O–H groups in total. The van der Waals surface area contributed by atoms with Crippen LogP contribution in [0, 0.1) is 13.8 Å². The maximum atomic E-state index is 12.0. The second kappa shape index (κ2) is 8.49. The van der Waals surface area contributed by atoms with Gasteiger partial charge in [-0.15, -0.1) is 0 Å². The van der Waals surface area contributed by atoms with Crippen molar-refractivity contribution < 1.29 is 9.53 Å². The van der Waals surface area contributed by atoms with Crippen molar-refractivity contribution in [2.24, 2.45) is 0 Å². The van der Waals surface area contributed by atoms with Crippen molar-refractivity contribution in [3.63, 3.8) is 0 Å². The van der Waals surface area contributed by atoms with Gasteiger partial charge in [0.05, 0.1) is 12.8 Å². The molecule has 6 nitrogen and oxygen atoms in total. The van der Waals surface area contributed by atoms with Crippen LogP contribution in [0.2, 0.25) is 5.02 Å². The zero-order valence-electron chi connectivity index (χ0n) is 14.0. The molecular weight excluding hydrogens is 328 g/mol. The lowest BCUT2D eigenvalue weighted by Gasteiger charge is -2.11. The Balaban J connectivity index is 1.80. The Labute approximate surface area is 146 Å². The molecule has 7 heteroatoms. The van der Waals surface area contributed by atoms with Gasteiger partial charge in [0.25, 0.3) is 0 Å². The summed E-state index contributed by atoms with van der Waals surface area (Å²) in [6.07, 6.45) is 1.03. The van der Waals surface area contributed by atoms with E-state index in [4.69, 9.17) is 16.3 Å². The summed E-state index contributed by atoms with van der Waals surface area (Å²) < 4.78 is 5.20. The van der Waals surface area contributed by atoms with Gasteiger partial charge in [-0.1, -0.05) is 11.6 Å². The molecule has 1 amide bonds.